The van der Waals surface area contributed by atoms with Crippen molar-refractivity contribution < 1.29 is 33.4 Å². The molecule has 404 valence electrons. The fourth-order valence-electron chi connectivity index (χ4n) is 7.57. The Hall–Kier alpha value is -7.04. The Morgan fingerprint density at radius 1 is 0.880 bits per heavy atom. The summed E-state index contributed by atoms with van der Waals surface area (Å²) in [6.07, 6.45) is 9.66. The second-order valence-electron chi connectivity index (χ2n) is 18.5. The van der Waals surface area contributed by atoms with Crippen molar-refractivity contribution in [2.24, 2.45) is 17.8 Å². The molecule has 4 heterocycles. The van der Waals surface area contributed by atoms with Crippen LogP contribution in [0, 0.1) is 6.92 Å². The quantitative estimate of drug-likeness (QED) is 0.0201. The number of aryl methyl sites for hydroxylation is 1. The molecule has 0 radical (unpaired) electrons. The van der Waals surface area contributed by atoms with E-state index in [1.54, 1.807) is 28.5 Å². The van der Waals surface area contributed by atoms with E-state index in [2.05, 4.69) is 70.2 Å². The van der Waals surface area contributed by atoms with E-state index in [1.165, 1.54) is 11.9 Å². The molecule has 1 fully saturated rings. The number of likely N-dealkylation sites (tertiary alicyclic amines) is 1. The van der Waals surface area contributed by atoms with Crippen molar-refractivity contribution in [3.05, 3.63) is 118 Å². The van der Waals surface area contributed by atoms with E-state index in [9.17, 15) is 19.2 Å². The minimum absolute atomic E-state index is 0.0268. The number of hydrogen-bond acceptors (Lipinski definition) is 16. The molecule has 2 aliphatic rings. The van der Waals surface area contributed by atoms with Crippen molar-refractivity contribution in [1.82, 2.24) is 51.5 Å². The third-order valence-corrected chi connectivity index (χ3v) is 12.6. The van der Waals surface area contributed by atoms with Crippen molar-refractivity contribution in [2.75, 3.05) is 58.6 Å². The van der Waals surface area contributed by atoms with E-state index in [1.807, 2.05) is 105 Å². The van der Waals surface area contributed by atoms with Crippen LogP contribution in [0.5, 0.6) is 5.75 Å². The topological polar surface area (TPSA) is 253 Å². The average molecular weight is 1050 g/mol. The Kier molecular flexibility index (Phi) is 24.8. The van der Waals surface area contributed by atoms with Gasteiger partial charge in [0.2, 0.25) is 12.3 Å². The molecule has 2 aliphatic heterocycles. The Bertz CT molecular complexity index is 2590. The highest BCUT2D eigenvalue weighted by molar-refractivity contribution is 7.13. The number of hydrazine groups is 1. The van der Waals surface area contributed by atoms with E-state index in [4.69, 9.17) is 14.2 Å². The lowest BCUT2D eigenvalue weighted by Crippen LogP contribution is -2.49. The van der Waals surface area contributed by atoms with Gasteiger partial charge in [-0.3, -0.25) is 29.6 Å². The molecule has 75 heavy (non-hydrogen) atoms. The van der Waals surface area contributed by atoms with Gasteiger partial charge in [-0.1, -0.05) is 42.5 Å². The molecule has 5 aromatic rings. The Labute approximate surface area is 444 Å². The van der Waals surface area contributed by atoms with Crippen molar-refractivity contribution >= 4 is 53.1 Å². The fraction of sp³-hybridized carbons (Fsp3) is 0.444. The summed E-state index contributed by atoms with van der Waals surface area (Å²) in [4.78, 5) is 58.8. The second kappa shape index (κ2) is 31.6. The third-order valence-electron chi connectivity index (χ3n) is 11.6. The number of nitrogens with zero attached hydrogens (tertiary/aromatic N) is 6. The van der Waals surface area contributed by atoms with Gasteiger partial charge in [-0.25, -0.2) is 10.4 Å². The van der Waals surface area contributed by atoms with Crippen LogP contribution in [0.15, 0.2) is 89.4 Å². The number of aliphatic imine (C=N–C) groups is 1. The number of aromatic nitrogens is 4. The largest absolute Gasteiger partial charge is 0.494 e. The van der Waals surface area contributed by atoms with Crippen LogP contribution in [0.2, 0.25) is 0 Å². The third kappa shape index (κ3) is 20.3. The molecule has 0 bridgehead atoms. The number of hydrogen-bond donors (Lipinski definition) is 7. The van der Waals surface area contributed by atoms with Crippen LogP contribution < -0.4 is 42.6 Å². The number of ether oxygens (including phenoxy) is 3. The number of benzene rings is 3. The Morgan fingerprint density at radius 3 is 2.31 bits per heavy atom. The van der Waals surface area contributed by atoms with Crippen molar-refractivity contribution in [3.63, 3.8) is 0 Å². The molecule has 1 unspecified atom stereocenters. The van der Waals surface area contributed by atoms with E-state index < -0.39 is 0 Å². The first-order valence-electron chi connectivity index (χ1n) is 25.3. The standard InChI is InChI=1S/C36H51N9O5.C17H19N3O2S.CH5N/c1-36(2,3)44-42-33(46)25-49-20-9-19-48-18-6-5-7-21-50-30-14-12-27(13-15-30)23-39-35(47)28-10-8-11-29(22-28)38-24-32-41-43-34(45(32)4)31-16-17-37-26-40-31;1-12-16(23-10-19-12)14-6-4-13(5-7-14)9-18-17(22)15-3-2-8-20(15)11-21;1-2/h8,10-17,22,38,40,44H,5-7,9,18-21,23-26H2,1-4H3,(H,39,47)(H,42,46);4-7,10-11,15H,2-3,8-9H2,1H3,(H,18,22);2H2,1H3. The zero-order valence-corrected chi connectivity index (χ0v) is 45.0. The summed E-state index contributed by atoms with van der Waals surface area (Å²) in [7, 11) is 3.42. The molecule has 1 saturated heterocycles. The van der Waals surface area contributed by atoms with Gasteiger partial charge in [0.05, 0.1) is 34.9 Å². The van der Waals surface area contributed by atoms with Crippen molar-refractivity contribution in [1.29, 1.82) is 0 Å². The van der Waals surface area contributed by atoms with Crippen LogP contribution in [-0.2, 0) is 50.5 Å². The van der Waals surface area contributed by atoms with Crippen LogP contribution >= 0.6 is 11.3 Å². The number of rotatable bonds is 26. The summed E-state index contributed by atoms with van der Waals surface area (Å²) < 4.78 is 18.8. The maximum Gasteiger partial charge on any atom is 0.260 e. The number of anilines is 1. The fourth-order valence-corrected chi connectivity index (χ4v) is 8.38. The summed E-state index contributed by atoms with van der Waals surface area (Å²) in [6.45, 7) is 12.9. The first-order chi connectivity index (χ1) is 36.4. The van der Waals surface area contributed by atoms with Crippen LogP contribution in [0.3, 0.4) is 0 Å². The highest BCUT2D eigenvalue weighted by Gasteiger charge is 2.29. The van der Waals surface area contributed by atoms with Gasteiger partial charge in [0, 0.05) is 69.5 Å². The monoisotopic (exact) mass is 1050 g/mol. The zero-order chi connectivity index (χ0) is 53.8. The highest BCUT2D eigenvalue weighted by Crippen LogP contribution is 2.27. The number of allylic oxidation sites excluding steroid dienone is 1. The lowest BCUT2D eigenvalue weighted by Gasteiger charge is -2.20. The summed E-state index contributed by atoms with van der Waals surface area (Å²) >= 11 is 1.63. The SMILES string of the molecule is CN.Cc1ncsc1-c1ccc(CNC(=O)C2CCCN2C=O)cc1.Cn1c(CNc2cccc(C(=O)NCc3ccc(OCCCCCOCCCOCC(=O)NNC(C)(C)C)cc3)c2)nnc1C1=CC=NCN1. The Morgan fingerprint density at radius 2 is 1.60 bits per heavy atom. The molecule has 1 atom stereocenters. The number of amides is 4. The molecular weight excluding hydrogens is 975 g/mol. The van der Waals surface area contributed by atoms with E-state index in [0.29, 0.717) is 64.8 Å². The lowest BCUT2D eigenvalue weighted by atomic mass is 10.1. The number of unbranched alkanes of at least 4 members (excludes halogenated alkanes) is 2. The van der Waals surface area contributed by atoms with Gasteiger partial charge < -0.3 is 50.7 Å². The molecule has 0 spiro atoms. The zero-order valence-electron chi connectivity index (χ0n) is 44.2. The van der Waals surface area contributed by atoms with Gasteiger partial charge in [0.1, 0.15) is 25.1 Å². The first kappa shape index (κ1) is 58.8. The molecule has 21 heteroatoms. The summed E-state index contributed by atoms with van der Waals surface area (Å²) in [6, 6.07) is 23.0. The number of carbonyl (C=O) groups excluding carboxylic acids is 4. The van der Waals surface area contributed by atoms with Gasteiger partial charge in [-0.15, -0.1) is 21.5 Å². The molecule has 2 aromatic heterocycles. The van der Waals surface area contributed by atoms with Gasteiger partial charge in [0.25, 0.3) is 11.8 Å². The Balaban J connectivity index is 0.000000344. The van der Waals surface area contributed by atoms with Crippen LogP contribution in [0.1, 0.15) is 98.1 Å². The minimum atomic E-state index is -0.313. The summed E-state index contributed by atoms with van der Waals surface area (Å²) in [5.74, 6) is 1.89. The molecule has 7 rings (SSSR count). The van der Waals surface area contributed by atoms with Crippen LogP contribution in [0.4, 0.5) is 5.69 Å². The number of carbonyl (C=O) groups is 4. The lowest BCUT2D eigenvalue weighted by molar-refractivity contribution is -0.131. The van der Waals surface area contributed by atoms with Gasteiger partial charge in [0.15, 0.2) is 11.6 Å². The van der Waals surface area contributed by atoms with E-state index in [0.717, 1.165) is 96.1 Å². The number of nitrogens with two attached hydrogens (primary N) is 1. The maximum atomic E-state index is 12.9. The van der Waals surface area contributed by atoms with Crippen molar-refractivity contribution in [3.8, 4) is 16.2 Å². The normalized spacial score (nSPS) is 13.8. The second-order valence-corrected chi connectivity index (χ2v) is 19.4. The van der Waals surface area contributed by atoms with E-state index >= 15 is 0 Å². The highest BCUT2D eigenvalue weighted by atomic mass is 32.1. The molecule has 0 saturated carbocycles. The summed E-state index contributed by atoms with van der Waals surface area (Å²) in [5, 5.41) is 21.1. The molecular formula is C54H75N13O7S. The van der Waals surface area contributed by atoms with Crippen LogP contribution in [-0.4, -0.2) is 120 Å². The van der Waals surface area contributed by atoms with Gasteiger partial charge in [-0.2, -0.15) is 0 Å². The molecule has 0 aliphatic carbocycles. The predicted octanol–water partition coefficient (Wildman–Crippen LogP) is 5.65. The average Bonchev–Trinajstić information content (AvgIpc) is 4.20. The predicted molar refractivity (Wildman–Crippen MR) is 294 cm³/mol. The maximum absolute atomic E-state index is 12.9. The van der Waals surface area contributed by atoms with Crippen molar-refractivity contribution in [2.45, 2.75) is 97.4 Å². The number of thiazole rings is 1. The first-order valence-corrected chi connectivity index (χ1v) is 26.2. The van der Waals surface area contributed by atoms with Crippen LogP contribution in [0.25, 0.3) is 16.1 Å². The van der Waals surface area contributed by atoms with E-state index in [-0.39, 0.29) is 35.9 Å². The smallest absolute Gasteiger partial charge is 0.260 e. The molecule has 20 nitrogen and oxygen atoms in total. The molecule has 8 N–H and O–H groups in total. The van der Waals surface area contributed by atoms with Gasteiger partial charge >= 0.3 is 0 Å². The summed E-state index contributed by atoms with van der Waals surface area (Å²) in [5.41, 5.74) is 18.1. The molecule has 3 aromatic carbocycles. The number of nitrogens with one attached hydrogen (secondary N) is 6. The van der Waals surface area contributed by atoms with Gasteiger partial charge in [-0.05, 0) is 126 Å². The molecule has 4 amide bonds. The minimum Gasteiger partial charge on any atom is -0.494 e.